The van der Waals surface area contributed by atoms with Crippen molar-refractivity contribution in [1.29, 1.82) is 0 Å². The number of hydrogen-bond donors (Lipinski definition) is 0. The molecule has 0 aliphatic rings. The van der Waals surface area contributed by atoms with E-state index in [9.17, 15) is 0 Å². The maximum absolute atomic E-state index is 6.50. The number of para-hydroxylation sites is 1. The Balaban J connectivity index is 1.81. The van der Waals surface area contributed by atoms with E-state index in [0.717, 1.165) is 33.3 Å². The number of nitrogens with zero attached hydrogens (tertiary/aromatic N) is 2. The first-order chi connectivity index (χ1) is 16.5. The van der Waals surface area contributed by atoms with Crippen LogP contribution in [0.25, 0.3) is 50.0 Å². The predicted molar refractivity (Wildman–Crippen MR) is 142 cm³/mol. The Labute approximate surface area is 199 Å². The van der Waals surface area contributed by atoms with Gasteiger partial charge in [0.1, 0.15) is 16.9 Å². The first kappa shape index (κ1) is 20.7. The van der Waals surface area contributed by atoms with Gasteiger partial charge in [-0.3, -0.25) is 4.57 Å². The smallest absolute Gasteiger partial charge is 0.246 e. The van der Waals surface area contributed by atoms with Crippen LogP contribution in [0.2, 0.25) is 0 Å². The predicted octanol–water partition coefficient (Wildman–Crippen LogP) is 8.84. The third-order valence-corrected chi connectivity index (χ3v) is 6.78. The molecule has 0 saturated heterocycles. The summed E-state index contributed by atoms with van der Waals surface area (Å²) in [5, 5.41) is 3.38. The zero-order valence-corrected chi connectivity index (χ0v) is 20.0. The monoisotopic (exact) mass is 444 g/mol. The van der Waals surface area contributed by atoms with Crippen molar-refractivity contribution in [2.45, 2.75) is 39.5 Å². The number of rotatable bonds is 4. The average Bonchev–Trinajstić information content (AvgIpc) is 3.40. The van der Waals surface area contributed by atoms with E-state index >= 15 is 0 Å². The maximum Gasteiger partial charge on any atom is 0.246 e. The molecular formula is C31H28N2O. The van der Waals surface area contributed by atoms with E-state index in [2.05, 4.69) is 111 Å². The quantitative estimate of drug-likeness (QED) is 0.272. The molecule has 168 valence electrons. The van der Waals surface area contributed by atoms with E-state index in [1.807, 2.05) is 6.07 Å². The van der Waals surface area contributed by atoms with Gasteiger partial charge in [-0.05, 0) is 34.4 Å². The summed E-state index contributed by atoms with van der Waals surface area (Å²) in [7, 11) is 0. The van der Waals surface area contributed by atoms with Gasteiger partial charge in [0.05, 0.1) is 5.69 Å². The lowest BCUT2D eigenvalue weighted by Crippen LogP contribution is -2.08. The molecule has 6 rings (SSSR count). The van der Waals surface area contributed by atoms with Crippen molar-refractivity contribution >= 4 is 33.0 Å². The fourth-order valence-electron chi connectivity index (χ4n) is 5.11. The zero-order valence-electron chi connectivity index (χ0n) is 20.0. The third-order valence-electron chi connectivity index (χ3n) is 6.78. The van der Waals surface area contributed by atoms with Gasteiger partial charge >= 0.3 is 0 Å². The van der Waals surface area contributed by atoms with Gasteiger partial charge in [-0.15, -0.1) is 0 Å². The zero-order chi connectivity index (χ0) is 23.4. The Bertz CT molecular complexity index is 1630. The van der Waals surface area contributed by atoms with Crippen molar-refractivity contribution in [3.63, 3.8) is 0 Å². The van der Waals surface area contributed by atoms with Crippen LogP contribution in [0.1, 0.15) is 50.7 Å². The highest BCUT2D eigenvalue weighted by Gasteiger charge is 2.25. The van der Waals surface area contributed by atoms with Gasteiger partial charge in [-0.25, -0.2) is 0 Å². The summed E-state index contributed by atoms with van der Waals surface area (Å²) in [5.74, 6) is 1.65. The number of furan rings is 1. The summed E-state index contributed by atoms with van der Waals surface area (Å²) in [4.78, 5) is 5.10. The van der Waals surface area contributed by atoms with Crippen LogP contribution in [0.4, 0.5) is 0 Å². The molecule has 0 atom stereocenters. The van der Waals surface area contributed by atoms with Crippen molar-refractivity contribution < 1.29 is 4.42 Å². The van der Waals surface area contributed by atoms with Crippen LogP contribution in [-0.2, 0) is 0 Å². The molecule has 0 bridgehead atoms. The van der Waals surface area contributed by atoms with Gasteiger partial charge in [0.2, 0.25) is 5.71 Å². The molecule has 0 aliphatic heterocycles. The van der Waals surface area contributed by atoms with Crippen LogP contribution < -0.4 is 0 Å². The van der Waals surface area contributed by atoms with Gasteiger partial charge in [0.25, 0.3) is 0 Å². The van der Waals surface area contributed by atoms with Gasteiger partial charge in [-0.1, -0.05) is 107 Å². The molecule has 2 aromatic heterocycles. The number of fused-ring (bicyclic) bond motifs is 5. The molecule has 0 N–H and O–H groups in total. The van der Waals surface area contributed by atoms with E-state index in [1.54, 1.807) is 0 Å². The maximum atomic E-state index is 6.50. The molecular weight excluding hydrogens is 416 g/mol. The first-order valence-electron chi connectivity index (χ1n) is 12.1. The normalized spacial score (nSPS) is 12.1. The summed E-state index contributed by atoms with van der Waals surface area (Å²) in [6.07, 6.45) is 0. The van der Waals surface area contributed by atoms with Crippen molar-refractivity contribution in [3.05, 3.63) is 96.1 Å². The highest BCUT2D eigenvalue weighted by atomic mass is 16.3. The number of benzene rings is 4. The van der Waals surface area contributed by atoms with E-state index < -0.39 is 0 Å². The summed E-state index contributed by atoms with van der Waals surface area (Å²) in [6.45, 7) is 9.06. The molecule has 0 aliphatic carbocycles. The molecule has 0 saturated carbocycles. The summed E-state index contributed by atoms with van der Waals surface area (Å²) < 4.78 is 8.86. The molecule has 3 nitrogen and oxygen atoms in total. The molecule has 0 radical (unpaired) electrons. The second-order valence-corrected chi connectivity index (χ2v) is 9.65. The molecule has 6 aromatic rings. The number of imidazole rings is 1. The lowest BCUT2D eigenvalue weighted by Gasteiger charge is -2.22. The first-order valence-corrected chi connectivity index (χ1v) is 12.1. The lowest BCUT2D eigenvalue weighted by atomic mass is 9.92. The largest absolute Gasteiger partial charge is 0.436 e. The molecule has 0 unspecified atom stereocenters. The van der Waals surface area contributed by atoms with Gasteiger partial charge in [0, 0.05) is 16.3 Å². The van der Waals surface area contributed by atoms with E-state index in [0.29, 0.717) is 17.5 Å². The minimum absolute atomic E-state index is 0.369. The van der Waals surface area contributed by atoms with Crippen molar-refractivity contribution in [2.24, 2.45) is 0 Å². The Morgan fingerprint density at radius 3 is 2.06 bits per heavy atom. The standard InChI is InChI=1S/C31H28N2O/c1-19(2)23-15-10-16-24(20(3)4)27(23)33-28-26-18-17-21-11-8-9-14-25(21)29(26)34-31(28)32-30(33)22-12-6-5-7-13-22/h5-20H,1-4H3. The van der Waals surface area contributed by atoms with Crippen molar-refractivity contribution in [2.75, 3.05) is 0 Å². The third kappa shape index (κ3) is 3.07. The molecule has 0 spiro atoms. The SMILES string of the molecule is CC(C)c1cccc(C(C)C)c1-n1c(-c2ccccc2)nc2oc3c4ccccc4ccc3c21. The van der Waals surface area contributed by atoms with Crippen LogP contribution in [0.3, 0.4) is 0 Å². The van der Waals surface area contributed by atoms with E-state index in [-0.39, 0.29) is 0 Å². The van der Waals surface area contributed by atoms with Crippen LogP contribution >= 0.6 is 0 Å². The Morgan fingerprint density at radius 2 is 1.35 bits per heavy atom. The molecule has 0 amide bonds. The topological polar surface area (TPSA) is 31.0 Å². The van der Waals surface area contributed by atoms with E-state index in [4.69, 9.17) is 9.40 Å². The highest BCUT2D eigenvalue weighted by Crippen LogP contribution is 2.41. The second-order valence-electron chi connectivity index (χ2n) is 9.65. The Kier molecular flexibility index (Phi) is 4.80. The molecule has 0 fully saturated rings. The number of hydrogen-bond acceptors (Lipinski definition) is 2. The minimum Gasteiger partial charge on any atom is -0.436 e. The fraction of sp³-hybridized carbons (Fsp3) is 0.194. The van der Waals surface area contributed by atoms with Crippen molar-refractivity contribution in [1.82, 2.24) is 9.55 Å². The van der Waals surface area contributed by atoms with Crippen molar-refractivity contribution in [3.8, 4) is 17.1 Å². The lowest BCUT2D eigenvalue weighted by molar-refractivity contribution is 0.660. The summed E-state index contributed by atoms with van der Waals surface area (Å²) in [5.41, 5.74) is 7.56. The summed E-state index contributed by atoms with van der Waals surface area (Å²) in [6, 6.07) is 29.9. The van der Waals surface area contributed by atoms with Crippen LogP contribution in [0.15, 0.2) is 89.3 Å². The average molecular weight is 445 g/mol. The van der Waals surface area contributed by atoms with Gasteiger partial charge in [-0.2, -0.15) is 4.98 Å². The van der Waals surface area contributed by atoms with Crippen LogP contribution in [0, 0.1) is 0 Å². The fourth-order valence-corrected chi connectivity index (χ4v) is 5.11. The summed E-state index contributed by atoms with van der Waals surface area (Å²) >= 11 is 0. The molecule has 2 heterocycles. The van der Waals surface area contributed by atoms with Gasteiger partial charge in [0.15, 0.2) is 0 Å². The Morgan fingerprint density at radius 1 is 0.676 bits per heavy atom. The van der Waals surface area contributed by atoms with E-state index in [1.165, 1.54) is 22.2 Å². The molecule has 34 heavy (non-hydrogen) atoms. The minimum atomic E-state index is 0.369. The van der Waals surface area contributed by atoms with Gasteiger partial charge < -0.3 is 4.42 Å². The Hall–Kier alpha value is -3.85. The number of aromatic nitrogens is 2. The van der Waals surface area contributed by atoms with Crippen LogP contribution in [0.5, 0.6) is 0 Å². The second kappa shape index (κ2) is 7.88. The highest BCUT2D eigenvalue weighted by molar-refractivity contribution is 6.14. The molecule has 4 aromatic carbocycles. The van der Waals surface area contributed by atoms with Crippen LogP contribution in [-0.4, -0.2) is 9.55 Å². The molecule has 3 heteroatoms.